The number of rotatable bonds is 7. The number of nitrogens with zero attached hydrogens (tertiary/aromatic N) is 2. The van der Waals surface area contributed by atoms with Gasteiger partial charge in [0.1, 0.15) is 0 Å². The summed E-state index contributed by atoms with van der Waals surface area (Å²) in [6.45, 7) is 3.71. The van der Waals surface area contributed by atoms with Crippen LogP contribution >= 0.6 is 0 Å². The van der Waals surface area contributed by atoms with E-state index >= 15 is 0 Å². The van der Waals surface area contributed by atoms with E-state index in [-0.39, 0.29) is 18.8 Å². The average Bonchev–Trinajstić information content (AvgIpc) is 3.04. The quantitative estimate of drug-likeness (QED) is 0.121. The lowest BCUT2D eigenvalue weighted by molar-refractivity contribution is -0.137. The molecular formula is C36H24N2O4. The van der Waals surface area contributed by atoms with Crippen molar-refractivity contribution in [3.8, 4) is 35.8 Å². The second kappa shape index (κ2) is 14.3. The summed E-state index contributed by atoms with van der Waals surface area (Å²) < 4.78 is 10.4. The standard InChI is InChI=1S/C36H24N2O4/c1-2-35(39)41-19-3-4-20-42-36(40)34-23-28(8-5-26-6-9-29(24-37)10-7-26)12-16-31(34)15-11-27-13-17-33-22-30(25-38)14-18-32(33)21-27/h2,6-7,9-10,12-14,16-18,21-23H,1,3-4,19-20H2. The van der Waals surface area contributed by atoms with E-state index in [0.29, 0.717) is 35.1 Å². The molecule has 202 valence electrons. The van der Waals surface area contributed by atoms with Gasteiger partial charge in [0, 0.05) is 28.3 Å². The van der Waals surface area contributed by atoms with Crippen LogP contribution in [-0.4, -0.2) is 25.2 Å². The number of fused-ring (bicyclic) bond motifs is 1. The third kappa shape index (κ3) is 7.97. The van der Waals surface area contributed by atoms with Crippen molar-refractivity contribution >= 4 is 22.7 Å². The van der Waals surface area contributed by atoms with Crippen LogP contribution in [0.1, 0.15) is 56.6 Å². The molecule has 6 heteroatoms. The average molecular weight is 549 g/mol. The maximum absolute atomic E-state index is 13.1. The zero-order valence-corrected chi connectivity index (χ0v) is 22.6. The summed E-state index contributed by atoms with van der Waals surface area (Å²) in [5.74, 6) is 11.3. The number of hydrogen-bond acceptors (Lipinski definition) is 6. The molecule has 0 aliphatic rings. The smallest absolute Gasteiger partial charge is 0.339 e. The van der Waals surface area contributed by atoms with Crippen LogP contribution in [0.3, 0.4) is 0 Å². The zero-order chi connectivity index (χ0) is 29.7. The Morgan fingerprint density at radius 2 is 1.17 bits per heavy atom. The number of carbonyl (C=O) groups is 2. The molecule has 0 aliphatic carbocycles. The third-order valence-corrected chi connectivity index (χ3v) is 6.10. The number of ether oxygens (including phenoxy) is 2. The molecule has 0 aliphatic heterocycles. The Morgan fingerprint density at radius 3 is 1.86 bits per heavy atom. The van der Waals surface area contributed by atoms with Crippen LogP contribution in [0, 0.1) is 46.3 Å². The molecule has 4 aromatic carbocycles. The molecule has 0 atom stereocenters. The van der Waals surface area contributed by atoms with Gasteiger partial charge in [-0.15, -0.1) is 0 Å². The number of esters is 2. The van der Waals surface area contributed by atoms with Crippen molar-refractivity contribution in [3.63, 3.8) is 0 Å². The second-order valence-corrected chi connectivity index (χ2v) is 9.05. The molecule has 0 heterocycles. The highest BCUT2D eigenvalue weighted by molar-refractivity contribution is 5.93. The van der Waals surface area contributed by atoms with Gasteiger partial charge in [0.05, 0.1) is 42.0 Å². The van der Waals surface area contributed by atoms with Gasteiger partial charge in [-0.2, -0.15) is 10.5 Å². The Balaban J connectivity index is 1.56. The highest BCUT2D eigenvalue weighted by Crippen LogP contribution is 2.18. The van der Waals surface area contributed by atoms with Crippen molar-refractivity contribution in [2.45, 2.75) is 12.8 Å². The minimum atomic E-state index is -0.535. The molecule has 0 saturated heterocycles. The summed E-state index contributed by atoms with van der Waals surface area (Å²) in [7, 11) is 0. The summed E-state index contributed by atoms with van der Waals surface area (Å²) in [6.07, 6.45) is 2.15. The van der Waals surface area contributed by atoms with Gasteiger partial charge in [-0.05, 0) is 90.3 Å². The number of carbonyl (C=O) groups excluding carboxylic acids is 2. The second-order valence-electron chi connectivity index (χ2n) is 9.05. The lowest BCUT2D eigenvalue weighted by atomic mass is 10.0. The Hall–Kier alpha value is -6.08. The molecule has 0 amide bonds. The number of nitriles is 2. The van der Waals surface area contributed by atoms with Gasteiger partial charge in [0.15, 0.2) is 0 Å². The SMILES string of the molecule is C=CC(=O)OCCCCOC(=O)c1cc(C#Cc2ccc(C#N)cc2)ccc1C#Cc1ccc2cc(C#N)ccc2c1. The molecule has 0 bridgehead atoms. The highest BCUT2D eigenvalue weighted by Gasteiger charge is 2.13. The first-order valence-electron chi connectivity index (χ1n) is 13.1. The van der Waals surface area contributed by atoms with Gasteiger partial charge in [0.2, 0.25) is 0 Å². The molecule has 0 unspecified atom stereocenters. The molecule has 4 rings (SSSR count). The number of hydrogen-bond donors (Lipinski definition) is 0. The molecular weight excluding hydrogens is 524 g/mol. The summed E-state index contributed by atoms with van der Waals surface area (Å²) in [6, 6.07) is 27.5. The Bertz CT molecular complexity index is 1870. The van der Waals surface area contributed by atoms with Crippen molar-refractivity contribution in [2.24, 2.45) is 0 Å². The van der Waals surface area contributed by atoms with Crippen molar-refractivity contribution in [2.75, 3.05) is 13.2 Å². The van der Waals surface area contributed by atoms with Gasteiger partial charge in [-0.1, -0.05) is 42.4 Å². The van der Waals surface area contributed by atoms with Crippen LogP contribution in [0.2, 0.25) is 0 Å². The van der Waals surface area contributed by atoms with Crippen LogP contribution in [0.25, 0.3) is 10.8 Å². The van der Waals surface area contributed by atoms with Gasteiger partial charge in [-0.25, -0.2) is 9.59 Å². The van der Waals surface area contributed by atoms with E-state index in [0.717, 1.165) is 28.0 Å². The normalized spacial score (nSPS) is 9.67. The predicted octanol–water partition coefficient (Wildman–Crippen LogP) is 6.05. The predicted molar refractivity (Wildman–Crippen MR) is 159 cm³/mol. The number of unbranched alkanes of at least 4 members (excludes halogenated alkanes) is 1. The molecule has 0 saturated carbocycles. The van der Waals surface area contributed by atoms with Crippen LogP contribution < -0.4 is 0 Å². The van der Waals surface area contributed by atoms with Crippen LogP contribution in [-0.2, 0) is 14.3 Å². The first-order chi connectivity index (χ1) is 20.5. The van der Waals surface area contributed by atoms with E-state index in [1.165, 1.54) is 0 Å². The maximum Gasteiger partial charge on any atom is 0.339 e. The van der Waals surface area contributed by atoms with Crippen molar-refractivity contribution in [3.05, 3.63) is 130 Å². The molecule has 0 aromatic heterocycles. The van der Waals surface area contributed by atoms with Crippen LogP contribution in [0.5, 0.6) is 0 Å². The molecule has 0 spiro atoms. The van der Waals surface area contributed by atoms with Crippen molar-refractivity contribution in [1.82, 2.24) is 0 Å². The fourth-order valence-electron chi connectivity index (χ4n) is 3.88. The largest absolute Gasteiger partial charge is 0.463 e. The van der Waals surface area contributed by atoms with Crippen LogP contribution in [0.4, 0.5) is 0 Å². The van der Waals surface area contributed by atoms with E-state index < -0.39 is 11.9 Å². The van der Waals surface area contributed by atoms with E-state index in [2.05, 4.69) is 42.4 Å². The number of benzene rings is 4. The first-order valence-corrected chi connectivity index (χ1v) is 13.1. The Morgan fingerprint density at radius 1 is 0.643 bits per heavy atom. The van der Waals surface area contributed by atoms with Crippen molar-refractivity contribution in [1.29, 1.82) is 10.5 Å². The lowest BCUT2D eigenvalue weighted by Crippen LogP contribution is -2.10. The molecule has 42 heavy (non-hydrogen) atoms. The minimum absolute atomic E-state index is 0.147. The molecule has 0 fully saturated rings. The molecule has 4 aromatic rings. The summed E-state index contributed by atoms with van der Waals surface area (Å²) >= 11 is 0. The van der Waals surface area contributed by atoms with Gasteiger partial charge in [-0.3, -0.25) is 0 Å². The highest BCUT2D eigenvalue weighted by atomic mass is 16.5. The lowest BCUT2D eigenvalue weighted by Gasteiger charge is -2.08. The molecule has 0 N–H and O–H groups in total. The molecule has 0 radical (unpaired) electrons. The molecule has 6 nitrogen and oxygen atoms in total. The van der Waals surface area contributed by atoms with Gasteiger partial charge in [0.25, 0.3) is 0 Å². The Labute approximate surface area is 244 Å². The van der Waals surface area contributed by atoms with E-state index in [4.69, 9.17) is 20.0 Å². The fourth-order valence-corrected chi connectivity index (χ4v) is 3.88. The van der Waals surface area contributed by atoms with Gasteiger partial charge >= 0.3 is 11.9 Å². The zero-order valence-electron chi connectivity index (χ0n) is 22.6. The fraction of sp³-hybridized carbons (Fsp3) is 0.111. The summed E-state index contributed by atoms with van der Waals surface area (Å²) in [5, 5.41) is 20.0. The Kier molecular flexibility index (Phi) is 9.88. The monoisotopic (exact) mass is 548 g/mol. The van der Waals surface area contributed by atoms with Crippen molar-refractivity contribution < 1.29 is 19.1 Å². The maximum atomic E-state index is 13.1. The summed E-state index contributed by atoms with van der Waals surface area (Å²) in [5.41, 5.74) is 4.00. The van der Waals surface area contributed by atoms with E-state index in [1.807, 2.05) is 30.3 Å². The summed E-state index contributed by atoms with van der Waals surface area (Å²) in [4.78, 5) is 24.3. The third-order valence-electron chi connectivity index (χ3n) is 6.10. The van der Waals surface area contributed by atoms with E-state index in [9.17, 15) is 9.59 Å². The van der Waals surface area contributed by atoms with Crippen LogP contribution in [0.15, 0.2) is 91.5 Å². The topological polar surface area (TPSA) is 100 Å². The van der Waals surface area contributed by atoms with Gasteiger partial charge < -0.3 is 9.47 Å². The minimum Gasteiger partial charge on any atom is -0.463 e. The van der Waals surface area contributed by atoms with E-state index in [1.54, 1.807) is 48.5 Å². The first kappa shape index (κ1) is 28.9.